The Bertz CT molecular complexity index is 393. The Labute approximate surface area is 107 Å². The molecular formula is C14H19NO3. The van der Waals surface area contributed by atoms with Gasteiger partial charge in [-0.1, -0.05) is 30.3 Å². The quantitative estimate of drug-likeness (QED) is 0.861. The summed E-state index contributed by atoms with van der Waals surface area (Å²) in [6.45, 7) is 3.75. The number of benzene rings is 1. The van der Waals surface area contributed by atoms with Crippen LogP contribution in [0.1, 0.15) is 25.0 Å². The molecule has 1 aromatic carbocycles. The fourth-order valence-electron chi connectivity index (χ4n) is 2.16. The molecule has 18 heavy (non-hydrogen) atoms. The molecule has 0 spiro atoms. The van der Waals surface area contributed by atoms with Crippen LogP contribution in [0.3, 0.4) is 0 Å². The van der Waals surface area contributed by atoms with Gasteiger partial charge in [-0.05, 0) is 18.9 Å². The van der Waals surface area contributed by atoms with Gasteiger partial charge in [-0.25, -0.2) is 0 Å². The third-order valence-corrected chi connectivity index (χ3v) is 3.32. The summed E-state index contributed by atoms with van der Waals surface area (Å²) >= 11 is 0. The molecule has 0 bridgehead atoms. The van der Waals surface area contributed by atoms with Gasteiger partial charge in [0, 0.05) is 19.2 Å². The Morgan fingerprint density at radius 1 is 1.39 bits per heavy atom. The topological polar surface area (TPSA) is 49.8 Å². The van der Waals surface area contributed by atoms with E-state index in [-0.39, 0.29) is 11.9 Å². The second-order valence-electron chi connectivity index (χ2n) is 4.59. The fourth-order valence-corrected chi connectivity index (χ4v) is 2.16. The number of rotatable bonds is 2. The molecule has 1 aliphatic rings. The third kappa shape index (κ3) is 2.89. The maximum Gasteiger partial charge on any atom is 0.256 e. The van der Waals surface area contributed by atoms with Gasteiger partial charge in [0.25, 0.3) is 5.91 Å². The first-order chi connectivity index (χ1) is 8.70. The van der Waals surface area contributed by atoms with Crippen molar-refractivity contribution in [3.8, 4) is 0 Å². The van der Waals surface area contributed by atoms with Gasteiger partial charge >= 0.3 is 0 Å². The van der Waals surface area contributed by atoms with Crippen LogP contribution in [-0.2, 0) is 9.53 Å². The van der Waals surface area contributed by atoms with Gasteiger partial charge < -0.3 is 14.7 Å². The van der Waals surface area contributed by atoms with Crippen molar-refractivity contribution in [1.29, 1.82) is 0 Å². The number of carbonyl (C=O) groups is 1. The number of amides is 1. The smallest absolute Gasteiger partial charge is 0.256 e. The number of aliphatic hydroxyl groups excluding tert-OH is 1. The number of hydrogen-bond acceptors (Lipinski definition) is 3. The zero-order valence-electron chi connectivity index (χ0n) is 10.6. The molecular weight excluding hydrogens is 230 g/mol. The number of ether oxygens (including phenoxy) is 1. The molecule has 1 fully saturated rings. The second kappa shape index (κ2) is 5.98. The van der Waals surface area contributed by atoms with Gasteiger partial charge in [0.05, 0.1) is 6.61 Å². The molecule has 0 aliphatic carbocycles. The van der Waals surface area contributed by atoms with Crippen molar-refractivity contribution < 1.29 is 14.6 Å². The van der Waals surface area contributed by atoms with E-state index in [4.69, 9.17) is 4.74 Å². The molecule has 0 saturated carbocycles. The standard InChI is InChI=1S/C14H19NO3/c1-11-7-9-18-10-8-15(11)14(17)13(16)12-5-3-2-4-6-12/h2-6,11,13,16H,7-10H2,1H3. The monoisotopic (exact) mass is 249 g/mol. The summed E-state index contributed by atoms with van der Waals surface area (Å²) in [5.74, 6) is -0.237. The van der Waals surface area contributed by atoms with E-state index in [1.807, 2.05) is 25.1 Å². The Hall–Kier alpha value is -1.39. The summed E-state index contributed by atoms with van der Waals surface area (Å²) in [6.07, 6.45) is -0.264. The molecule has 1 saturated heterocycles. The second-order valence-corrected chi connectivity index (χ2v) is 4.59. The largest absolute Gasteiger partial charge is 0.380 e. The van der Waals surface area contributed by atoms with Gasteiger partial charge in [-0.2, -0.15) is 0 Å². The van der Waals surface area contributed by atoms with E-state index in [1.54, 1.807) is 17.0 Å². The number of nitrogens with zero attached hydrogens (tertiary/aromatic N) is 1. The predicted molar refractivity (Wildman–Crippen MR) is 68.0 cm³/mol. The summed E-state index contributed by atoms with van der Waals surface area (Å²) < 4.78 is 5.36. The first kappa shape index (κ1) is 13.1. The average Bonchev–Trinajstić information content (AvgIpc) is 2.63. The lowest BCUT2D eigenvalue weighted by Crippen LogP contribution is -2.42. The molecule has 1 aromatic rings. The van der Waals surface area contributed by atoms with Crippen LogP contribution in [-0.4, -0.2) is 41.7 Å². The molecule has 1 aliphatic heterocycles. The highest BCUT2D eigenvalue weighted by atomic mass is 16.5. The molecule has 0 radical (unpaired) electrons. The van der Waals surface area contributed by atoms with Gasteiger partial charge in [0.2, 0.25) is 0 Å². The summed E-state index contributed by atoms with van der Waals surface area (Å²) in [5, 5.41) is 10.1. The molecule has 98 valence electrons. The van der Waals surface area contributed by atoms with Crippen molar-refractivity contribution >= 4 is 5.91 Å². The van der Waals surface area contributed by atoms with Crippen LogP contribution in [0, 0.1) is 0 Å². The lowest BCUT2D eigenvalue weighted by molar-refractivity contribution is -0.142. The van der Waals surface area contributed by atoms with E-state index in [2.05, 4.69) is 0 Å². The Morgan fingerprint density at radius 3 is 2.83 bits per heavy atom. The van der Waals surface area contributed by atoms with Crippen LogP contribution in [0.25, 0.3) is 0 Å². The minimum atomic E-state index is -1.08. The highest BCUT2D eigenvalue weighted by Crippen LogP contribution is 2.18. The van der Waals surface area contributed by atoms with Crippen molar-refractivity contribution in [2.24, 2.45) is 0 Å². The zero-order valence-corrected chi connectivity index (χ0v) is 10.6. The van der Waals surface area contributed by atoms with E-state index in [9.17, 15) is 9.90 Å². The van der Waals surface area contributed by atoms with Crippen LogP contribution < -0.4 is 0 Å². The normalized spacial score (nSPS) is 22.3. The maximum absolute atomic E-state index is 12.3. The van der Waals surface area contributed by atoms with Crippen LogP contribution in [0.2, 0.25) is 0 Å². The summed E-state index contributed by atoms with van der Waals surface area (Å²) in [6, 6.07) is 9.15. The summed E-state index contributed by atoms with van der Waals surface area (Å²) in [4.78, 5) is 14.0. The van der Waals surface area contributed by atoms with E-state index in [1.165, 1.54) is 0 Å². The van der Waals surface area contributed by atoms with Crippen molar-refractivity contribution in [1.82, 2.24) is 4.90 Å². The van der Waals surface area contributed by atoms with Crippen molar-refractivity contribution in [2.75, 3.05) is 19.8 Å². The van der Waals surface area contributed by atoms with Crippen LogP contribution in [0.4, 0.5) is 0 Å². The molecule has 2 unspecified atom stereocenters. The third-order valence-electron chi connectivity index (χ3n) is 3.32. The zero-order chi connectivity index (χ0) is 13.0. The van der Waals surface area contributed by atoms with Crippen LogP contribution >= 0.6 is 0 Å². The predicted octanol–water partition coefficient (Wildman–Crippen LogP) is 1.36. The van der Waals surface area contributed by atoms with Gasteiger partial charge in [-0.15, -0.1) is 0 Å². The Balaban J connectivity index is 2.10. The highest BCUT2D eigenvalue weighted by Gasteiger charge is 2.28. The van der Waals surface area contributed by atoms with E-state index in [0.29, 0.717) is 25.3 Å². The molecule has 1 heterocycles. The van der Waals surface area contributed by atoms with Gasteiger partial charge in [0.15, 0.2) is 6.10 Å². The first-order valence-corrected chi connectivity index (χ1v) is 6.31. The first-order valence-electron chi connectivity index (χ1n) is 6.31. The summed E-state index contributed by atoms with van der Waals surface area (Å²) in [5.41, 5.74) is 0.639. The fraction of sp³-hybridized carbons (Fsp3) is 0.500. The molecule has 1 N–H and O–H groups in total. The number of hydrogen-bond donors (Lipinski definition) is 1. The van der Waals surface area contributed by atoms with E-state index < -0.39 is 6.10 Å². The highest BCUT2D eigenvalue weighted by molar-refractivity contribution is 5.82. The molecule has 4 heteroatoms. The minimum absolute atomic E-state index is 0.110. The number of carbonyl (C=O) groups excluding carboxylic acids is 1. The maximum atomic E-state index is 12.3. The molecule has 1 amide bonds. The van der Waals surface area contributed by atoms with Crippen molar-refractivity contribution in [3.63, 3.8) is 0 Å². The van der Waals surface area contributed by atoms with Gasteiger partial charge in [-0.3, -0.25) is 4.79 Å². The Kier molecular flexibility index (Phi) is 4.33. The summed E-state index contributed by atoms with van der Waals surface area (Å²) in [7, 11) is 0. The molecule has 4 nitrogen and oxygen atoms in total. The van der Waals surface area contributed by atoms with Gasteiger partial charge in [0.1, 0.15) is 0 Å². The lowest BCUT2D eigenvalue weighted by Gasteiger charge is -2.28. The minimum Gasteiger partial charge on any atom is -0.380 e. The van der Waals surface area contributed by atoms with Crippen molar-refractivity contribution in [3.05, 3.63) is 35.9 Å². The SMILES string of the molecule is CC1CCOCCN1C(=O)C(O)c1ccccc1. The average molecular weight is 249 g/mol. The van der Waals surface area contributed by atoms with Crippen molar-refractivity contribution in [2.45, 2.75) is 25.5 Å². The molecule has 0 aromatic heterocycles. The van der Waals surface area contributed by atoms with Crippen LogP contribution in [0.5, 0.6) is 0 Å². The van der Waals surface area contributed by atoms with E-state index in [0.717, 1.165) is 6.42 Å². The Morgan fingerprint density at radius 2 is 2.11 bits per heavy atom. The molecule has 2 rings (SSSR count). The van der Waals surface area contributed by atoms with Crippen LogP contribution in [0.15, 0.2) is 30.3 Å². The number of aliphatic hydroxyl groups is 1. The molecule has 2 atom stereocenters. The van der Waals surface area contributed by atoms with E-state index >= 15 is 0 Å². The lowest BCUT2D eigenvalue weighted by atomic mass is 10.1.